The number of thioether (sulfide) groups is 1. The summed E-state index contributed by atoms with van der Waals surface area (Å²) in [7, 11) is 0. The zero-order valence-electron chi connectivity index (χ0n) is 10.1. The molecule has 0 aromatic carbocycles. The third-order valence-corrected chi connectivity index (χ3v) is 3.56. The van der Waals surface area contributed by atoms with Crippen LogP contribution in [0.25, 0.3) is 0 Å². The first-order valence-corrected chi connectivity index (χ1v) is 5.88. The molecule has 0 radical (unpaired) electrons. The molecule has 1 heterocycles. The topological polar surface area (TPSA) is 51.8 Å². The number of rotatable bonds is 3. The maximum absolute atomic E-state index is 5.68. The zero-order chi connectivity index (χ0) is 11.6. The van der Waals surface area contributed by atoms with Crippen LogP contribution in [-0.2, 0) is 0 Å². The van der Waals surface area contributed by atoms with Gasteiger partial charge in [-0.1, -0.05) is 11.8 Å². The van der Waals surface area contributed by atoms with Gasteiger partial charge in [0, 0.05) is 22.7 Å². The van der Waals surface area contributed by atoms with Crippen molar-refractivity contribution in [3.8, 4) is 0 Å². The third kappa shape index (κ3) is 3.18. The minimum atomic E-state index is -0.00582. The fraction of sp³-hybridized carbons (Fsp3) is 0.636. The molecule has 4 heteroatoms. The molecule has 0 saturated heterocycles. The van der Waals surface area contributed by atoms with E-state index in [4.69, 9.17) is 5.73 Å². The number of hydrogen-bond donors (Lipinski definition) is 1. The summed E-state index contributed by atoms with van der Waals surface area (Å²) >= 11 is 1.64. The van der Waals surface area contributed by atoms with Crippen LogP contribution in [0.4, 0.5) is 0 Å². The first-order valence-electron chi connectivity index (χ1n) is 5.06. The minimum Gasteiger partial charge on any atom is -0.329 e. The highest BCUT2D eigenvalue weighted by Gasteiger charge is 2.19. The van der Waals surface area contributed by atoms with Gasteiger partial charge >= 0.3 is 0 Å². The van der Waals surface area contributed by atoms with E-state index in [1.165, 1.54) is 5.56 Å². The van der Waals surface area contributed by atoms with E-state index in [1.807, 2.05) is 20.8 Å². The molecule has 0 atom stereocenters. The molecule has 0 spiro atoms. The lowest BCUT2D eigenvalue weighted by Crippen LogP contribution is -2.27. The zero-order valence-corrected chi connectivity index (χ0v) is 10.9. The van der Waals surface area contributed by atoms with E-state index in [0.717, 1.165) is 16.5 Å². The van der Waals surface area contributed by atoms with Crippen LogP contribution in [-0.4, -0.2) is 21.3 Å². The van der Waals surface area contributed by atoms with Gasteiger partial charge in [-0.15, -0.1) is 0 Å². The minimum absolute atomic E-state index is 0.00582. The molecule has 0 saturated carbocycles. The molecule has 15 heavy (non-hydrogen) atoms. The molecule has 0 fully saturated rings. The Bertz CT molecular complexity index is 338. The molecule has 2 N–H and O–H groups in total. The van der Waals surface area contributed by atoms with Gasteiger partial charge in [-0.2, -0.15) is 0 Å². The smallest absolute Gasteiger partial charge is 0.188 e. The molecule has 1 aromatic rings. The summed E-state index contributed by atoms with van der Waals surface area (Å²) in [5.74, 6) is 0. The Morgan fingerprint density at radius 2 is 1.60 bits per heavy atom. The van der Waals surface area contributed by atoms with E-state index in [1.54, 1.807) is 11.8 Å². The van der Waals surface area contributed by atoms with Crippen LogP contribution in [0, 0.1) is 20.8 Å². The third-order valence-electron chi connectivity index (χ3n) is 2.47. The van der Waals surface area contributed by atoms with Crippen LogP contribution in [0.3, 0.4) is 0 Å². The SMILES string of the molecule is Cc1nc(SC(C)(C)CN)nc(C)c1C. The van der Waals surface area contributed by atoms with Crippen molar-refractivity contribution in [2.75, 3.05) is 6.54 Å². The summed E-state index contributed by atoms with van der Waals surface area (Å²) in [6.45, 7) is 10.9. The summed E-state index contributed by atoms with van der Waals surface area (Å²) in [5, 5.41) is 0.825. The van der Waals surface area contributed by atoms with E-state index < -0.39 is 0 Å². The first kappa shape index (κ1) is 12.5. The van der Waals surface area contributed by atoms with Crippen molar-refractivity contribution in [3.05, 3.63) is 17.0 Å². The lowest BCUT2D eigenvalue weighted by Gasteiger charge is -2.20. The van der Waals surface area contributed by atoms with Crippen LogP contribution in [0.15, 0.2) is 5.16 Å². The van der Waals surface area contributed by atoms with Crippen LogP contribution >= 0.6 is 11.8 Å². The van der Waals surface area contributed by atoms with E-state index >= 15 is 0 Å². The van der Waals surface area contributed by atoms with Crippen molar-refractivity contribution < 1.29 is 0 Å². The van der Waals surface area contributed by atoms with Crippen LogP contribution in [0.2, 0.25) is 0 Å². The molecule has 1 aromatic heterocycles. The van der Waals surface area contributed by atoms with Crippen molar-refractivity contribution in [2.24, 2.45) is 5.73 Å². The molecule has 0 bridgehead atoms. The molecule has 0 unspecified atom stereocenters. The van der Waals surface area contributed by atoms with Crippen molar-refractivity contribution in [1.29, 1.82) is 0 Å². The first-order chi connectivity index (χ1) is 6.85. The summed E-state index contributed by atoms with van der Waals surface area (Å²) in [4.78, 5) is 8.93. The Hall–Kier alpha value is -0.610. The highest BCUT2D eigenvalue weighted by atomic mass is 32.2. The Morgan fingerprint density at radius 3 is 2.00 bits per heavy atom. The molecule has 0 aliphatic rings. The largest absolute Gasteiger partial charge is 0.329 e. The second kappa shape index (κ2) is 4.49. The van der Waals surface area contributed by atoms with Gasteiger partial charge in [-0.05, 0) is 40.2 Å². The van der Waals surface area contributed by atoms with E-state index in [0.29, 0.717) is 6.54 Å². The number of hydrogen-bond acceptors (Lipinski definition) is 4. The Balaban J connectivity index is 2.98. The summed E-state index contributed by atoms with van der Waals surface area (Å²) in [5.41, 5.74) is 8.96. The van der Waals surface area contributed by atoms with Gasteiger partial charge in [0.05, 0.1) is 0 Å². The number of nitrogens with zero attached hydrogens (tertiary/aromatic N) is 2. The molecule has 0 amide bonds. The fourth-order valence-electron chi connectivity index (χ4n) is 1.08. The second-order valence-electron chi connectivity index (χ2n) is 4.37. The van der Waals surface area contributed by atoms with Crippen LogP contribution < -0.4 is 5.73 Å². The number of nitrogens with two attached hydrogens (primary N) is 1. The van der Waals surface area contributed by atoms with Crippen LogP contribution in [0.1, 0.15) is 30.8 Å². The molecular weight excluding hydrogens is 206 g/mol. The second-order valence-corrected chi connectivity index (χ2v) is 6.04. The van der Waals surface area contributed by atoms with Crippen molar-refractivity contribution in [2.45, 2.75) is 44.5 Å². The van der Waals surface area contributed by atoms with Gasteiger partial charge in [0.15, 0.2) is 5.16 Å². The summed E-state index contributed by atoms with van der Waals surface area (Å²) in [6, 6.07) is 0. The normalized spacial score (nSPS) is 11.9. The molecule has 0 aliphatic heterocycles. The monoisotopic (exact) mass is 225 g/mol. The predicted molar refractivity (Wildman–Crippen MR) is 65.2 cm³/mol. The maximum Gasteiger partial charge on any atom is 0.188 e. The lowest BCUT2D eigenvalue weighted by atomic mass is 10.2. The maximum atomic E-state index is 5.68. The van der Waals surface area contributed by atoms with Gasteiger partial charge in [0.25, 0.3) is 0 Å². The fourth-order valence-corrected chi connectivity index (χ4v) is 2.02. The van der Waals surface area contributed by atoms with E-state index in [2.05, 4.69) is 23.8 Å². The number of aromatic nitrogens is 2. The quantitative estimate of drug-likeness (QED) is 0.633. The highest BCUT2D eigenvalue weighted by Crippen LogP contribution is 2.29. The average molecular weight is 225 g/mol. The summed E-state index contributed by atoms with van der Waals surface area (Å²) in [6.07, 6.45) is 0. The van der Waals surface area contributed by atoms with Gasteiger partial charge < -0.3 is 5.73 Å². The predicted octanol–water partition coefficient (Wildman–Crippen LogP) is 2.23. The molecule has 84 valence electrons. The van der Waals surface area contributed by atoms with Crippen molar-refractivity contribution in [1.82, 2.24) is 9.97 Å². The molecule has 1 rings (SSSR count). The van der Waals surface area contributed by atoms with Crippen molar-refractivity contribution >= 4 is 11.8 Å². The Labute approximate surface area is 95.9 Å². The molecule has 0 aliphatic carbocycles. The Kier molecular flexibility index (Phi) is 3.73. The average Bonchev–Trinajstić information content (AvgIpc) is 2.13. The Morgan fingerprint density at radius 1 is 1.13 bits per heavy atom. The highest BCUT2D eigenvalue weighted by molar-refractivity contribution is 8.00. The van der Waals surface area contributed by atoms with E-state index in [-0.39, 0.29) is 4.75 Å². The van der Waals surface area contributed by atoms with Gasteiger partial charge in [0.1, 0.15) is 0 Å². The van der Waals surface area contributed by atoms with Gasteiger partial charge in [0.2, 0.25) is 0 Å². The summed E-state index contributed by atoms with van der Waals surface area (Å²) < 4.78 is -0.00582. The standard InChI is InChI=1S/C11H19N3S/c1-7-8(2)13-10(14-9(7)3)15-11(4,5)6-12/h6,12H2,1-5H3. The number of aryl methyl sites for hydroxylation is 2. The van der Waals surface area contributed by atoms with Gasteiger partial charge in [-0.3, -0.25) is 0 Å². The molecular formula is C11H19N3S. The van der Waals surface area contributed by atoms with Crippen molar-refractivity contribution in [3.63, 3.8) is 0 Å². The molecule has 3 nitrogen and oxygen atoms in total. The van der Waals surface area contributed by atoms with Gasteiger partial charge in [-0.25, -0.2) is 9.97 Å². The van der Waals surface area contributed by atoms with E-state index in [9.17, 15) is 0 Å². The lowest BCUT2D eigenvalue weighted by molar-refractivity contribution is 0.715. The van der Waals surface area contributed by atoms with Crippen LogP contribution in [0.5, 0.6) is 0 Å².